The standard InChI is InChI=1S/C19H22N4/c1-13-6-11-17-20-14(2)18(23(17)12-13)22-21-16-9-7-15(8-10-16)19(3,4)5/h6-12H,1-5H3. The molecule has 0 saturated heterocycles. The van der Waals surface area contributed by atoms with Crippen molar-refractivity contribution in [1.82, 2.24) is 9.38 Å². The molecule has 0 amide bonds. The molecular weight excluding hydrogens is 284 g/mol. The summed E-state index contributed by atoms with van der Waals surface area (Å²) in [5.74, 6) is 0.781. The van der Waals surface area contributed by atoms with Crippen LogP contribution in [0.25, 0.3) is 5.65 Å². The van der Waals surface area contributed by atoms with Crippen LogP contribution in [0.4, 0.5) is 11.5 Å². The average Bonchev–Trinajstić information content (AvgIpc) is 2.79. The number of aryl methyl sites for hydroxylation is 2. The predicted molar refractivity (Wildman–Crippen MR) is 94.0 cm³/mol. The van der Waals surface area contributed by atoms with Crippen molar-refractivity contribution in [2.75, 3.05) is 0 Å². The number of rotatable bonds is 2. The molecule has 4 heteroatoms. The van der Waals surface area contributed by atoms with Gasteiger partial charge in [-0.05, 0) is 48.6 Å². The lowest BCUT2D eigenvalue weighted by Crippen LogP contribution is -2.10. The van der Waals surface area contributed by atoms with Crippen LogP contribution in [0.1, 0.15) is 37.6 Å². The Balaban J connectivity index is 1.94. The first kappa shape index (κ1) is 15.4. The molecule has 4 nitrogen and oxygen atoms in total. The molecule has 0 N–H and O–H groups in total. The largest absolute Gasteiger partial charge is 0.283 e. The number of aromatic nitrogens is 2. The van der Waals surface area contributed by atoms with Crippen molar-refractivity contribution < 1.29 is 0 Å². The number of fused-ring (bicyclic) bond motifs is 1. The number of nitrogens with zero attached hydrogens (tertiary/aromatic N) is 4. The van der Waals surface area contributed by atoms with Gasteiger partial charge in [-0.3, -0.25) is 4.40 Å². The molecule has 0 aliphatic carbocycles. The van der Waals surface area contributed by atoms with Crippen molar-refractivity contribution in [3.63, 3.8) is 0 Å². The van der Waals surface area contributed by atoms with Gasteiger partial charge in [-0.25, -0.2) is 4.98 Å². The van der Waals surface area contributed by atoms with Gasteiger partial charge < -0.3 is 0 Å². The fourth-order valence-corrected chi connectivity index (χ4v) is 2.51. The Labute approximate surface area is 136 Å². The summed E-state index contributed by atoms with van der Waals surface area (Å²) in [6.45, 7) is 10.6. The molecule has 118 valence electrons. The molecule has 2 heterocycles. The highest BCUT2D eigenvalue weighted by atomic mass is 15.2. The van der Waals surface area contributed by atoms with E-state index in [2.05, 4.69) is 55.0 Å². The zero-order valence-corrected chi connectivity index (χ0v) is 14.3. The van der Waals surface area contributed by atoms with E-state index in [4.69, 9.17) is 0 Å². The monoisotopic (exact) mass is 306 g/mol. The molecule has 0 atom stereocenters. The molecule has 0 aliphatic rings. The van der Waals surface area contributed by atoms with Crippen LogP contribution in [0, 0.1) is 13.8 Å². The summed E-state index contributed by atoms with van der Waals surface area (Å²) in [5.41, 5.74) is 5.22. The summed E-state index contributed by atoms with van der Waals surface area (Å²) in [5, 5.41) is 8.80. The summed E-state index contributed by atoms with van der Waals surface area (Å²) in [6, 6.07) is 12.3. The van der Waals surface area contributed by atoms with Crippen LogP contribution < -0.4 is 0 Å². The molecule has 0 spiro atoms. The van der Waals surface area contributed by atoms with Crippen molar-refractivity contribution in [2.45, 2.75) is 40.0 Å². The van der Waals surface area contributed by atoms with Crippen molar-refractivity contribution in [2.24, 2.45) is 10.2 Å². The number of pyridine rings is 1. The van der Waals surface area contributed by atoms with E-state index in [0.29, 0.717) is 0 Å². The van der Waals surface area contributed by atoms with Crippen LogP contribution in [0.15, 0.2) is 52.8 Å². The zero-order valence-electron chi connectivity index (χ0n) is 14.3. The second-order valence-corrected chi connectivity index (χ2v) is 6.95. The molecule has 3 rings (SSSR count). The second-order valence-electron chi connectivity index (χ2n) is 6.95. The molecule has 0 unspecified atom stereocenters. The minimum absolute atomic E-state index is 0.144. The maximum atomic E-state index is 4.52. The quantitative estimate of drug-likeness (QED) is 0.563. The Morgan fingerprint density at radius 2 is 1.61 bits per heavy atom. The average molecular weight is 306 g/mol. The van der Waals surface area contributed by atoms with Crippen molar-refractivity contribution in [3.8, 4) is 0 Å². The molecule has 23 heavy (non-hydrogen) atoms. The number of hydrogen-bond donors (Lipinski definition) is 0. The molecule has 3 aromatic rings. The van der Waals surface area contributed by atoms with E-state index in [1.54, 1.807) is 0 Å². The predicted octanol–water partition coefficient (Wildman–Crippen LogP) is 5.66. The van der Waals surface area contributed by atoms with E-state index in [0.717, 1.165) is 22.8 Å². The van der Waals surface area contributed by atoms with Gasteiger partial charge in [-0.1, -0.05) is 39.0 Å². The Morgan fingerprint density at radius 3 is 2.26 bits per heavy atom. The molecule has 1 aromatic carbocycles. The van der Waals surface area contributed by atoms with Crippen molar-refractivity contribution >= 4 is 17.2 Å². The SMILES string of the molecule is Cc1ccc2nc(C)c(N=Nc3ccc(C(C)(C)C)cc3)n2c1. The highest BCUT2D eigenvalue weighted by Gasteiger charge is 2.13. The lowest BCUT2D eigenvalue weighted by molar-refractivity contribution is 0.590. The van der Waals surface area contributed by atoms with Crippen LogP contribution in [0.2, 0.25) is 0 Å². The van der Waals surface area contributed by atoms with Gasteiger partial charge >= 0.3 is 0 Å². The Kier molecular flexibility index (Phi) is 3.76. The van der Waals surface area contributed by atoms with Crippen molar-refractivity contribution in [1.29, 1.82) is 0 Å². The number of hydrogen-bond acceptors (Lipinski definition) is 3. The Hall–Kier alpha value is -2.49. The van der Waals surface area contributed by atoms with Crippen LogP contribution in [0.5, 0.6) is 0 Å². The van der Waals surface area contributed by atoms with Gasteiger partial charge in [0, 0.05) is 6.20 Å². The molecule has 0 radical (unpaired) electrons. The van der Waals surface area contributed by atoms with E-state index in [-0.39, 0.29) is 5.41 Å². The smallest absolute Gasteiger partial charge is 0.182 e. The fraction of sp³-hybridized carbons (Fsp3) is 0.316. The van der Waals surface area contributed by atoms with Crippen LogP contribution >= 0.6 is 0 Å². The van der Waals surface area contributed by atoms with Gasteiger partial charge in [-0.2, -0.15) is 0 Å². The lowest BCUT2D eigenvalue weighted by Gasteiger charge is -2.18. The fourth-order valence-electron chi connectivity index (χ4n) is 2.51. The van der Waals surface area contributed by atoms with E-state index >= 15 is 0 Å². The first-order valence-electron chi connectivity index (χ1n) is 7.82. The summed E-state index contributed by atoms with van der Waals surface area (Å²) < 4.78 is 1.98. The normalized spacial score (nSPS) is 12.4. The molecule has 0 saturated carbocycles. The van der Waals surface area contributed by atoms with Gasteiger partial charge in [0.2, 0.25) is 0 Å². The Bertz CT molecular complexity index is 865. The van der Waals surface area contributed by atoms with Crippen molar-refractivity contribution in [3.05, 3.63) is 59.4 Å². The first-order chi connectivity index (χ1) is 10.8. The van der Waals surface area contributed by atoms with Gasteiger partial charge in [0.05, 0.1) is 11.4 Å². The van der Waals surface area contributed by atoms with Gasteiger partial charge in [0.1, 0.15) is 5.65 Å². The molecule has 0 bridgehead atoms. The van der Waals surface area contributed by atoms with Crippen LogP contribution in [-0.2, 0) is 5.41 Å². The minimum atomic E-state index is 0.144. The second kappa shape index (κ2) is 5.61. The molecule has 2 aromatic heterocycles. The van der Waals surface area contributed by atoms with Crippen LogP contribution in [-0.4, -0.2) is 9.38 Å². The molecule has 0 fully saturated rings. The maximum Gasteiger partial charge on any atom is 0.182 e. The maximum absolute atomic E-state index is 4.52. The van der Waals surface area contributed by atoms with Gasteiger partial charge in [-0.15, -0.1) is 10.2 Å². The number of imidazole rings is 1. The topological polar surface area (TPSA) is 42.0 Å². The third kappa shape index (κ3) is 3.16. The van der Waals surface area contributed by atoms with Gasteiger partial charge in [0.15, 0.2) is 5.82 Å². The third-order valence-electron chi connectivity index (χ3n) is 3.90. The number of benzene rings is 1. The minimum Gasteiger partial charge on any atom is -0.283 e. The number of azo groups is 1. The highest BCUT2D eigenvalue weighted by molar-refractivity contribution is 5.52. The van der Waals surface area contributed by atoms with E-state index < -0.39 is 0 Å². The first-order valence-corrected chi connectivity index (χ1v) is 7.82. The summed E-state index contributed by atoms with van der Waals surface area (Å²) in [6.07, 6.45) is 2.03. The Morgan fingerprint density at radius 1 is 0.913 bits per heavy atom. The third-order valence-corrected chi connectivity index (χ3v) is 3.90. The molecular formula is C19H22N4. The van der Waals surface area contributed by atoms with E-state index in [1.165, 1.54) is 11.1 Å². The summed E-state index contributed by atoms with van der Waals surface area (Å²) >= 11 is 0. The zero-order chi connectivity index (χ0) is 16.6. The van der Waals surface area contributed by atoms with E-state index in [1.807, 2.05) is 41.8 Å². The molecule has 0 aliphatic heterocycles. The highest BCUT2D eigenvalue weighted by Crippen LogP contribution is 2.27. The summed E-state index contributed by atoms with van der Waals surface area (Å²) in [7, 11) is 0. The van der Waals surface area contributed by atoms with Gasteiger partial charge in [0.25, 0.3) is 0 Å². The van der Waals surface area contributed by atoms with Crippen LogP contribution in [0.3, 0.4) is 0 Å². The summed E-state index contributed by atoms with van der Waals surface area (Å²) in [4.78, 5) is 4.52. The lowest BCUT2D eigenvalue weighted by atomic mass is 9.87. The van der Waals surface area contributed by atoms with E-state index in [9.17, 15) is 0 Å².